The smallest absolute Gasteiger partial charge is 0.463 e. The van der Waals surface area contributed by atoms with Crippen molar-refractivity contribution in [2.24, 2.45) is 0 Å². The summed E-state index contributed by atoms with van der Waals surface area (Å²) < 4.78 is 64.8. The van der Waals surface area contributed by atoms with E-state index in [1.807, 2.05) is 0 Å². The zero-order chi connectivity index (χ0) is 68.9. The van der Waals surface area contributed by atoms with Crippen LogP contribution in [0.2, 0.25) is 0 Å². The van der Waals surface area contributed by atoms with Gasteiger partial charge in [-0.05, 0) is 70.6 Å². The van der Waals surface area contributed by atoms with Crippen molar-refractivity contribution >= 4 is 25.7 Å². The van der Waals surface area contributed by atoms with Crippen molar-refractivity contribution in [3.63, 3.8) is 0 Å². The average Bonchev–Trinajstić information content (AvgIpc) is 0.765. The van der Waals surface area contributed by atoms with E-state index in [4.69, 9.17) is 42.2 Å². The van der Waals surface area contributed by atoms with Gasteiger partial charge in [0.25, 0.3) is 0 Å². The Morgan fingerprint density at radius 2 is 0.745 bits per heavy atom. The molecule has 550 valence electrons. The largest absolute Gasteiger partial charge is 0.472 e. The summed E-state index contributed by atoms with van der Waals surface area (Å²) in [5.74, 6) is -2.02. The molecule has 24 nitrogen and oxygen atoms in total. The van der Waals surface area contributed by atoms with E-state index in [0.717, 1.165) is 96.3 Å². The third kappa shape index (κ3) is 35.0. The molecular formula is C69H125O24P. The van der Waals surface area contributed by atoms with Gasteiger partial charge in [-0.15, -0.1) is 0 Å². The van der Waals surface area contributed by atoms with Crippen LogP contribution >= 0.6 is 7.82 Å². The maximum atomic E-state index is 14.3. The number of aliphatic hydroxyl groups is 10. The number of phosphoric acid groups is 1. The van der Waals surface area contributed by atoms with Crippen LogP contribution in [-0.4, -0.2) is 204 Å². The first kappa shape index (κ1) is 85.7. The Hall–Kier alpha value is -2.56. The molecule has 2 aliphatic heterocycles. The molecule has 0 aromatic carbocycles. The number of allylic oxidation sites excluding steroid dienone is 4. The molecule has 1 aliphatic carbocycles. The number of hydrogen-bond acceptors (Lipinski definition) is 23. The highest BCUT2D eigenvalue weighted by Crippen LogP contribution is 2.49. The number of carbonyl (C=O) groups is 3. The summed E-state index contributed by atoms with van der Waals surface area (Å²) in [5, 5.41) is 110. The maximum absolute atomic E-state index is 14.3. The van der Waals surface area contributed by atoms with Crippen LogP contribution in [0.25, 0.3) is 0 Å². The van der Waals surface area contributed by atoms with E-state index in [9.17, 15) is 74.9 Å². The molecule has 11 N–H and O–H groups in total. The Kier molecular flexibility index (Phi) is 47.0. The lowest BCUT2D eigenvalue weighted by atomic mass is 9.84. The molecule has 0 aromatic rings. The monoisotopic (exact) mass is 1370 g/mol. The van der Waals surface area contributed by atoms with Gasteiger partial charge in [0.15, 0.2) is 18.7 Å². The van der Waals surface area contributed by atoms with E-state index >= 15 is 0 Å². The van der Waals surface area contributed by atoms with Crippen LogP contribution < -0.4 is 0 Å². The van der Waals surface area contributed by atoms with Gasteiger partial charge in [-0.25, -0.2) is 4.57 Å². The van der Waals surface area contributed by atoms with Crippen LogP contribution in [0.4, 0.5) is 0 Å². The number of ether oxygens (including phenoxy) is 7. The summed E-state index contributed by atoms with van der Waals surface area (Å²) in [4.78, 5) is 50.8. The minimum atomic E-state index is -5.70. The van der Waals surface area contributed by atoms with Gasteiger partial charge in [0, 0.05) is 19.3 Å². The lowest BCUT2D eigenvalue weighted by Crippen LogP contribution is -2.69. The van der Waals surface area contributed by atoms with Crippen LogP contribution in [0.5, 0.6) is 0 Å². The maximum Gasteiger partial charge on any atom is 0.472 e. The molecule has 2 saturated heterocycles. The Bertz CT molecular complexity index is 2050. The third-order valence-corrected chi connectivity index (χ3v) is 18.7. The summed E-state index contributed by atoms with van der Waals surface area (Å²) >= 11 is 0. The molecular weight excluding hydrogens is 1240 g/mol. The third-order valence-electron chi connectivity index (χ3n) is 17.7. The highest BCUT2D eigenvalue weighted by Gasteiger charge is 2.58. The first-order chi connectivity index (χ1) is 45.3. The fourth-order valence-corrected chi connectivity index (χ4v) is 12.7. The molecule has 0 amide bonds. The van der Waals surface area contributed by atoms with E-state index in [0.29, 0.717) is 19.3 Å². The van der Waals surface area contributed by atoms with Gasteiger partial charge in [-0.3, -0.25) is 23.4 Å². The Morgan fingerprint density at radius 1 is 0.404 bits per heavy atom. The fraction of sp³-hybridized carbons (Fsp3) is 0.899. The quantitative estimate of drug-likeness (QED) is 0.00889. The zero-order valence-electron chi connectivity index (χ0n) is 57.0. The van der Waals surface area contributed by atoms with Crippen LogP contribution in [-0.2, 0) is 61.2 Å². The van der Waals surface area contributed by atoms with Crippen molar-refractivity contribution in [3.05, 3.63) is 24.3 Å². The minimum Gasteiger partial charge on any atom is -0.463 e. The van der Waals surface area contributed by atoms with Crippen LogP contribution in [0.1, 0.15) is 265 Å². The number of phosphoric ester groups is 1. The predicted octanol–water partition coefficient (Wildman–Crippen LogP) is 8.96. The summed E-state index contributed by atoms with van der Waals surface area (Å²) in [6.45, 7) is 3.38. The summed E-state index contributed by atoms with van der Waals surface area (Å²) in [7, 11) is -5.70. The second-order valence-corrected chi connectivity index (χ2v) is 27.4. The van der Waals surface area contributed by atoms with E-state index in [1.165, 1.54) is 109 Å². The van der Waals surface area contributed by atoms with Crippen molar-refractivity contribution < 1.29 is 117 Å². The van der Waals surface area contributed by atoms with E-state index < -0.39 is 156 Å². The molecule has 2 heterocycles. The Balaban J connectivity index is 1.76. The number of aliphatic hydroxyl groups excluding tert-OH is 10. The fourth-order valence-electron chi connectivity index (χ4n) is 11.7. The van der Waals surface area contributed by atoms with E-state index in [-0.39, 0.29) is 19.3 Å². The van der Waals surface area contributed by atoms with Crippen molar-refractivity contribution in [2.45, 2.75) is 369 Å². The van der Waals surface area contributed by atoms with Crippen molar-refractivity contribution in [2.75, 3.05) is 26.4 Å². The SMILES string of the molecule is CCCCCCCC/C=C\CCCCCC(=O)OCC(COP(=O)(O)OC1C(OC2OC(CO)C(O)C(O)C2O)C(O)C(O)C(O)C1OC1OC(COC(=O)CCCCC/C=C\CCCCCCCC)C(O)C(O)C1O)OC(=O)CCCCCCCCCCCCCCC. The standard InChI is InChI=1S/C69H125O24P/c1-4-7-10-13-16-19-22-25-28-31-34-37-40-43-53(71)85-47-50(88-55(73)45-42-39-36-33-30-27-24-21-18-15-12-9-6-3)48-87-94(83,84)93-67-65(91-68-63(81)58(76)56(74)51(46-70)89-68)61(79)60(78)62(80)66(67)92-69-64(82)59(77)57(75)52(90-69)49-86-54(72)44-41-38-35-32-29-26-23-20-17-14-11-8-5-2/h25-26,28-29,50-52,56-70,74-82H,4-24,27,30-49H2,1-3H3,(H,83,84)/b28-25-,29-26-. The van der Waals surface area contributed by atoms with E-state index in [1.54, 1.807) is 0 Å². The highest BCUT2D eigenvalue weighted by molar-refractivity contribution is 7.47. The summed E-state index contributed by atoms with van der Waals surface area (Å²) in [6, 6.07) is 0. The number of hydrogen-bond donors (Lipinski definition) is 11. The van der Waals surface area contributed by atoms with Crippen molar-refractivity contribution in [3.8, 4) is 0 Å². The number of carbonyl (C=O) groups excluding carboxylic acids is 3. The first-order valence-corrected chi connectivity index (χ1v) is 37.6. The van der Waals surface area contributed by atoms with Crippen LogP contribution in [0.15, 0.2) is 24.3 Å². The normalized spacial score (nSPS) is 28.4. The summed E-state index contributed by atoms with van der Waals surface area (Å²) in [6.07, 6.45) is 9.86. The van der Waals surface area contributed by atoms with Gasteiger partial charge in [0.1, 0.15) is 98.7 Å². The second-order valence-electron chi connectivity index (χ2n) is 25.9. The van der Waals surface area contributed by atoms with E-state index in [2.05, 4.69) is 45.1 Å². The lowest BCUT2D eigenvalue weighted by molar-refractivity contribution is -0.360. The first-order valence-electron chi connectivity index (χ1n) is 36.1. The number of rotatable bonds is 55. The second kappa shape index (κ2) is 51.6. The predicted molar refractivity (Wildman–Crippen MR) is 351 cm³/mol. The van der Waals surface area contributed by atoms with Gasteiger partial charge >= 0.3 is 25.7 Å². The van der Waals surface area contributed by atoms with Crippen molar-refractivity contribution in [1.29, 1.82) is 0 Å². The van der Waals surface area contributed by atoms with Crippen molar-refractivity contribution in [1.82, 2.24) is 0 Å². The number of esters is 3. The highest BCUT2D eigenvalue weighted by atomic mass is 31.2. The lowest BCUT2D eigenvalue weighted by Gasteiger charge is -2.49. The molecule has 18 unspecified atom stereocenters. The number of unbranched alkanes of at least 4 members (excludes halogenated alkanes) is 30. The summed E-state index contributed by atoms with van der Waals surface area (Å²) in [5.41, 5.74) is 0. The zero-order valence-corrected chi connectivity index (χ0v) is 57.9. The van der Waals surface area contributed by atoms with Gasteiger partial charge in [-0.1, -0.05) is 199 Å². The average molecular weight is 1370 g/mol. The molecule has 94 heavy (non-hydrogen) atoms. The molecule has 0 bridgehead atoms. The van der Waals surface area contributed by atoms with Crippen LogP contribution in [0, 0.1) is 0 Å². The molecule has 0 aromatic heterocycles. The molecule has 18 atom stereocenters. The Labute approximate surface area is 560 Å². The molecule has 1 saturated carbocycles. The van der Waals surface area contributed by atoms with Gasteiger partial charge in [0.05, 0.1) is 13.2 Å². The van der Waals surface area contributed by atoms with Gasteiger partial charge in [-0.2, -0.15) is 0 Å². The molecule has 0 spiro atoms. The molecule has 25 heteroatoms. The van der Waals surface area contributed by atoms with Crippen LogP contribution in [0.3, 0.4) is 0 Å². The Morgan fingerprint density at radius 3 is 1.16 bits per heavy atom. The molecule has 3 fully saturated rings. The molecule has 3 rings (SSSR count). The van der Waals surface area contributed by atoms with Gasteiger partial charge < -0.3 is 89.1 Å². The van der Waals surface area contributed by atoms with Gasteiger partial charge in [0.2, 0.25) is 0 Å². The minimum absolute atomic E-state index is 0.00765. The molecule has 0 radical (unpaired) electrons. The topological polar surface area (TPSA) is 374 Å². The molecule has 3 aliphatic rings.